The van der Waals surface area contributed by atoms with Crippen LogP contribution in [0.25, 0.3) is 0 Å². The molecular weight excluding hydrogens is 376 g/mol. The molecule has 0 radical (unpaired) electrons. The topological polar surface area (TPSA) is 74.6 Å². The number of aryl methyl sites for hydroxylation is 3. The normalized spacial score (nSPS) is 15.2. The molecule has 0 saturated heterocycles. The molecule has 0 spiro atoms. The van der Waals surface area contributed by atoms with E-state index in [4.69, 9.17) is 0 Å². The molecule has 0 amide bonds. The summed E-state index contributed by atoms with van der Waals surface area (Å²) < 4.78 is 0. The van der Waals surface area contributed by atoms with Crippen LogP contribution in [0.1, 0.15) is 100 Å². The average Bonchev–Trinajstić information content (AvgIpc) is 3.44. The molecule has 1 aromatic carbocycles. The van der Waals surface area contributed by atoms with Gasteiger partial charge in [-0.3, -0.25) is 9.59 Å². The molecular formula is C26H40O4. The quantitative estimate of drug-likeness (QED) is 0.340. The molecule has 0 heterocycles. The smallest absolute Gasteiger partial charge is 0.309 e. The molecule has 2 rings (SSSR count). The highest BCUT2D eigenvalue weighted by Gasteiger charge is 2.49. The molecule has 4 nitrogen and oxygen atoms in total. The molecule has 1 aliphatic carbocycles. The summed E-state index contributed by atoms with van der Waals surface area (Å²) in [4.78, 5) is 22.5. The Labute approximate surface area is 182 Å². The van der Waals surface area contributed by atoms with E-state index in [1.54, 1.807) is 13.8 Å². The van der Waals surface area contributed by atoms with Crippen LogP contribution in [0.5, 0.6) is 0 Å². The molecule has 1 saturated carbocycles. The molecule has 0 bridgehead atoms. The van der Waals surface area contributed by atoms with Crippen LogP contribution in [0.2, 0.25) is 0 Å². The van der Waals surface area contributed by atoms with Crippen LogP contribution in [-0.4, -0.2) is 22.2 Å². The fourth-order valence-corrected chi connectivity index (χ4v) is 4.50. The molecule has 4 heteroatoms. The molecule has 0 aliphatic heterocycles. The van der Waals surface area contributed by atoms with E-state index in [0.717, 1.165) is 77.0 Å². The van der Waals surface area contributed by atoms with Gasteiger partial charge in [-0.05, 0) is 95.8 Å². The van der Waals surface area contributed by atoms with Crippen molar-refractivity contribution in [3.8, 4) is 0 Å². The van der Waals surface area contributed by atoms with Gasteiger partial charge in [0.2, 0.25) is 0 Å². The third-order valence-electron chi connectivity index (χ3n) is 6.93. The van der Waals surface area contributed by atoms with Crippen LogP contribution in [0, 0.1) is 24.7 Å². The molecule has 168 valence electrons. The highest BCUT2D eigenvalue weighted by Crippen LogP contribution is 2.50. The van der Waals surface area contributed by atoms with Gasteiger partial charge in [0, 0.05) is 0 Å². The number of hydrogen-bond acceptors (Lipinski definition) is 2. The van der Waals surface area contributed by atoms with Crippen molar-refractivity contribution in [3.63, 3.8) is 0 Å². The Kier molecular flexibility index (Phi) is 8.52. The second-order valence-corrected chi connectivity index (χ2v) is 10.1. The van der Waals surface area contributed by atoms with E-state index < -0.39 is 17.4 Å². The van der Waals surface area contributed by atoms with E-state index in [1.807, 2.05) is 0 Å². The fraction of sp³-hybridized carbons (Fsp3) is 0.692. The lowest BCUT2D eigenvalue weighted by molar-refractivity contribution is -0.147. The number of hydrogen-bond donors (Lipinski definition) is 2. The monoisotopic (exact) mass is 416 g/mol. The first-order valence-electron chi connectivity index (χ1n) is 11.6. The van der Waals surface area contributed by atoms with Crippen molar-refractivity contribution in [2.45, 2.75) is 105 Å². The van der Waals surface area contributed by atoms with Gasteiger partial charge >= 0.3 is 11.9 Å². The van der Waals surface area contributed by atoms with E-state index in [2.05, 4.69) is 26.0 Å². The second-order valence-electron chi connectivity index (χ2n) is 10.1. The van der Waals surface area contributed by atoms with Gasteiger partial charge in [-0.1, -0.05) is 43.4 Å². The standard InChI is InChI=1S/C26H40O4/c1-19-17-20(2)22(12-8-6-10-14-26(15-16-26)24(29)30)21(18-19)11-7-5-9-13-25(3,4)23(27)28/h17-18H,5-16H2,1-4H3,(H,27,28)(H,29,30). The van der Waals surface area contributed by atoms with Crippen LogP contribution in [0.4, 0.5) is 0 Å². The molecule has 0 atom stereocenters. The molecule has 30 heavy (non-hydrogen) atoms. The number of carboxylic acids is 2. The van der Waals surface area contributed by atoms with Crippen molar-refractivity contribution >= 4 is 11.9 Å². The third kappa shape index (κ3) is 6.85. The number of aliphatic carboxylic acids is 2. The van der Waals surface area contributed by atoms with Crippen molar-refractivity contribution < 1.29 is 19.8 Å². The number of rotatable bonds is 14. The summed E-state index contributed by atoms with van der Waals surface area (Å²) in [6, 6.07) is 4.57. The highest BCUT2D eigenvalue weighted by molar-refractivity contribution is 5.77. The molecule has 1 fully saturated rings. The van der Waals surface area contributed by atoms with Crippen molar-refractivity contribution in [2.75, 3.05) is 0 Å². The van der Waals surface area contributed by atoms with Gasteiger partial charge in [-0.15, -0.1) is 0 Å². The van der Waals surface area contributed by atoms with Crippen molar-refractivity contribution in [2.24, 2.45) is 10.8 Å². The van der Waals surface area contributed by atoms with E-state index >= 15 is 0 Å². The minimum absolute atomic E-state index is 0.389. The van der Waals surface area contributed by atoms with Gasteiger partial charge in [-0.25, -0.2) is 0 Å². The summed E-state index contributed by atoms with van der Waals surface area (Å²) in [5.41, 5.74) is 4.54. The zero-order valence-corrected chi connectivity index (χ0v) is 19.4. The van der Waals surface area contributed by atoms with E-state index in [1.165, 1.54) is 22.3 Å². The zero-order valence-electron chi connectivity index (χ0n) is 19.4. The fourth-order valence-electron chi connectivity index (χ4n) is 4.50. The lowest BCUT2D eigenvalue weighted by Gasteiger charge is -2.19. The molecule has 0 aromatic heterocycles. The third-order valence-corrected chi connectivity index (χ3v) is 6.93. The lowest BCUT2D eigenvalue weighted by Crippen LogP contribution is -2.23. The van der Waals surface area contributed by atoms with Gasteiger partial charge in [0.15, 0.2) is 0 Å². The Morgan fingerprint density at radius 3 is 2.17 bits per heavy atom. The maximum Gasteiger partial charge on any atom is 0.309 e. The summed E-state index contributed by atoms with van der Waals surface area (Å²) in [7, 11) is 0. The molecule has 0 unspecified atom stereocenters. The maximum absolute atomic E-state index is 11.3. The predicted molar refractivity (Wildman–Crippen MR) is 121 cm³/mol. The Morgan fingerprint density at radius 2 is 1.57 bits per heavy atom. The molecule has 1 aliphatic rings. The first-order chi connectivity index (χ1) is 14.1. The van der Waals surface area contributed by atoms with Gasteiger partial charge in [0.25, 0.3) is 0 Å². The molecule has 1 aromatic rings. The Balaban J connectivity index is 1.80. The summed E-state index contributed by atoms with van der Waals surface area (Å²) >= 11 is 0. The predicted octanol–water partition coefficient (Wildman–Crippen LogP) is 6.48. The van der Waals surface area contributed by atoms with Crippen LogP contribution in [0.3, 0.4) is 0 Å². The minimum atomic E-state index is -0.713. The lowest BCUT2D eigenvalue weighted by atomic mass is 9.86. The number of carboxylic acid groups (broad SMARTS) is 2. The van der Waals surface area contributed by atoms with Gasteiger partial charge in [0.1, 0.15) is 0 Å². The average molecular weight is 417 g/mol. The SMILES string of the molecule is Cc1cc(C)c(CCCCCC2(C(=O)O)CC2)c(CCCCCC(C)(C)C(=O)O)c1. The Bertz CT molecular complexity index is 744. The summed E-state index contributed by atoms with van der Waals surface area (Å²) in [5, 5.41) is 18.5. The molecule has 2 N–H and O–H groups in total. The van der Waals surface area contributed by atoms with Crippen LogP contribution < -0.4 is 0 Å². The minimum Gasteiger partial charge on any atom is -0.481 e. The van der Waals surface area contributed by atoms with Gasteiger partial charge in [0.05, 0.1) is 10.8 Å². The van der Waals surface area contributed by atoms with E-state index in [0.29, 0.717) is 0 Å². The first-order valence-corrected chi connectivity index (χ1v) is 11.6. The van der Waals surface area contributed by atoms with Crippen LogP contribution in [-0.2, 0) is 22.4 Å². The van der Waals surface area contributed by atoms with Crippen molar-refractivity contribution in [3.05, 3.63) is 34.4 Å². The number of benzene rings is 1. The largest absolute Gasteiger partial charge is 0.481 e. The number of unbranched alkanes of at least 4 members (excludes halogenated alkanes) is 4. The summed E-state index contributed by atoms with van der Waals surface area (Å²) in [6.07, 6.45) is 11.7. The maximum atomic E-state index is 11.3. The van der Waals surface area contributed by atoms with Crippen LogP contribution in [0.15, 0.2) is 12.1 Å². The number of carbonyl (C=O) groups is 2. The first kappa shape index (κ1) is 24.4. The zero-order chi connectivity index (χ0) is 22.4. The Morgan fingerprint density at radius 1 is 0.933 bits per heavy atom. The summed E-state index contributed by atoms with van der Waals surface area (Å²) in [5.74, 6) is -1.32. The van der Waals surface area contributed by atoms with Crippen molar-refractivity contribution in [1.82, 2.24) is 0 Å². The van der Waals surface area contributed by atoms with Crippen LogP contribution >= 0.6 is 0 Å². The van der Waals surface area contributed by atoms with Crippen molar-refractivity contribution in [1.29, 1.82) is 0 Å². The van der Waals surface area contributed by atoms with Gasteiger partial charge in [-0.2, -0.15) is 0 Å². The summed E-state index contributed by atoms with van der Waals surface area (Å²) in [6.45, 7) is 7.96. The van der Waals surface area contributed by atoms with Gasteiger partial charge < -0.3 is 10.2 Å². The Hall–Kier alpha value is -1.84. The van der Waals surface area contributed by atoms with E-state index in [9.17, 15) is 19.8 Å². The second kappa shape index (κ2) is 10.5. The highest BCUT2D eigenvalue weighted by atomic mass is 16.4. The van der Waals surface area contributed by atoms with E-state index in [-0.39, 0.29) is 5.41 Å².